The Balaban J connectivity index is 2.48. The minimum Gasteiger partial charge on any atom is -0.399 e. The lowest BCUT2D eigenvalue weighted by Crippen LogP contribution is -2.31. The first-order chi connectivity index (χ1) is 9.46. The molecule has 0 atom stereocenters. The van der Waals surface area contributed by atoms with Gasteiger partial charge in [-0.2, -0.15) is 0 Å². The number of anilines is 2. The highest BCUT2D eigenvalue weighted by atomic mass is 79.9. The first-order valence-corrected chi connectivity index (χ1v) is 9.19. The van der Waals surface area contributed by atoms with Gasteiger partial charge in [-0.05, 0) is 58.1 Å². The fourth-order valence-corrected chi connectivity index (χ4v) is 5.77. The van der Waals surface area contributed by atoms with Gasteiger partial charge in [0.1, 0.15) is 0 Å². The molecule has 2 aromatic rings. The molecule has 0 spiro atoms. The summed E-state index contributed by atoms with van der Waals surface area (Å²) in [7, 11) is -3.55. The fourth-order valence-electron chi connectivity index (χ4n) is 1.80. The van der Waals surface area contributed by atoms with E-state index in [0.29, 0.717) is 26.6 Å². The molecule has 0 saturated carbocycles. The maximum atomic E-state index is 12.8. The third-order valence-corrected chi connectivity index (χ3v) is 7.19. The van der Waals surface area contributed by atoms with Crippen molar-refractivity contribution in [1.29, 1.82) is 0 Å². The minimum absolute atomic E-state index is 0.322. The first-order valence-electron chi connectivity index (χ1n) is 6.08. The Morgan fingerprint density at radius 1 is 1.25 bits per heavy atom. The lowest BCUT2D eigenvalue weighted by Gasteiger charge is -2.23. The van der Waals surface area contributed by atoms with E-state index < -0.39 is 10.0 Å². The van der Waals surface area contributed by atoms with E-state index in [1.807, 2.05) is 6.92 Å². The van der Waals surface area contributed by atoms with E-state index in [2.05, 4.69) is 15.9 Å². The third kappa shape index (κ3) is 2.99. The Morgan fingerprint density at radius 2 is 1.90 bits per heavy atom. The number of nitrogens with two attached hydrogens (primary N) is 1. The number of nitrogen functional groups attached to an aromatic ring is 1. The predicted octanol–water partition coefficient (Wildman–Crippen LogP) is 3.70. The van der Waals surface area contributed by atoms with E-state index in [1.54, 1.807) is 35.7 Å². The summed E-state index contributed by atoms with van der Waals surface area (Å²) in [4.78, 5) is 0. The SMILES string of the molecule is CCCN(c1ccc(N)cc1)S(=O)(=O)c1sccc1Br. The van der Waals surface area contributed by atoms with Gasteiger partial charge in [0.2, 0.25) is 0 Å². The van der Waals surface area contributed by atoms with Crippen molar-refractivity contribution < 1.29 is 8.42 Å². The number of benzene rings is 1. The number of thiophene rings is 1. The van der Waals surface area contributed by atoms with Crippen molar-refractivity contribution >= 4 is 48.7 Å². The molecule has 0 aliphatic rings. The highest BCUT2D eigenvalue weighted by molar-refractivity contribution is 9.10. The van der Waals surface area contributed by atoms with Crippen molar-refractivity contribution in [3.05, 3.63) is 40.2 Å². The average molecular weight is 375 g/mol. The number of halogens is 1. The number of sulfonamides is 1. The Kier molecular flexibility index (Phi) is 4.72. The molecule has 1 aromatic carbocycles. The fraction of sp³-hybridized carbons (Fsp3) is 0.231. The van der Waals surface area contributed by atoms with Crippen molar-refractivity contribution in [3.63, 3.8) is 0 Å². The van der Waals surface area contributed by atoms with Gasteiger partial charge in [0.05, 0.1) is 5.69 Å². The first kappa shape index (κ1) is 15.3. The molecular formula is C13H15BrN2O2S2. The van der Waals surface area contributed by atoms with Crippen molar-refractivity contribution in [2.45, 2.75) is 17.6 Å². The predicted molar refractivity (Wildman–Crippen MR) is 87.7 cm³/mol. The Labute approximate surface area is 131 Å². The van der Waals surface area contributed by atoms with Crippen molar-refractivity contribution in [1.82, 2.24) is 0 Å². The lowest BCUT2D eigenvalue weighted by atomic mass is 10.3. The summed E-state index contributed by atoms with van der Waals surface area (Å²) >= 11 is 4.50. The van der Waals surface area contributed by atoms with E-state index in [1.165, 1.54) is 15.6 Å². The molecule has 4 nitrogen and oxygen atoms in total. The third-order valence-electron chi connectivity index (χ3n) is 2.72. The standard InChI is InChI=1S/C13H15BrN2O2S2/c1-2-8-16(11-5-3-10(15)4-6-11)20(17,18)13-12(14)7-9-19-13/h3-7,9H,2,8,15H2,1H3. The minimum atomic E-state index is -3.55. The van der Waals surface area contributed by atoms with Gasteiger partial charge in [0.15, 0.2) is 4.21 Å². The quantitative estimate of drug-likeness (QED) is 0.811. The van der Waals surface area contributed by atoms with Gasteiger partial charge in [-0.1, -0.05) is 6.92 Å². The molecule has 0 bridgehead atoms. The molecule has 20 heavy (non-hydrogen) atoms. The molecule has 0 aliphatic heterocycles. The van der Waals surface area contributed by atoms with Gasteiger partial charge in [-0.15, -0.1) is 11.3 Å². The van der Waals surface area contributed by atoms with Crippen molar-refractivity contribution in [3.8, 4) is 0 Å². The van der Waals surface area contributed by atoms with Crippen LogP contribution in [0.15, 0.2) is 44.4 Å². The van der Waals surface area contributed by atoms with E-state index in [4.69, 9.17) is 5.73 Å². The van der Waals surface area contributed by atoms with Crippen LogP contribution in [0.25, 0.3) is 0 Å². The zero-order valence-corrected chi connectivity index (χ0v) is 14.1. The summed E-state index contributed by atoms with van der Waals surface area (Å²) in [5, 5.41) is 1.75. The zero-order chi connectivity index (χ0) is 14.8. The second-order valence-corrected chi connectivity index (χ2v) is 8.05. The molecule has 0 aliphatic carbocycles. The monoisotopic (exact) mass is 374 g/mol. The molecule has 0 fully saturated rings. The summed E-state index contributed by atoms with van der Waals surface area (Å²) in [6, 6.07) is 8.60. The maximum Gasteiger partial charge on any atom is 0.274 e. The molecular weight excluding hydrogens is 360 g/mol. The van der Waals surface area contributed by atoms with Gasteiger partial charge in [0, 0.05) is 16.7 Å². The van der Waals surface area contributed by atoms with Gasteiger partial charge in [-0.25, -0.2) is 8.42 Å². The molecule has 2 N–H and O–H groups in total. The molecule has 0 radical (unpaired) electrons. The van der Waals surface area contributed by atoms with Gasteiger partial charge in [-0.3, -0.25) is 4.31 Å². The summed E-state index contributed by atoms with van der Waals surface area (Å²) in [5.41, 5.74) is 6.89. The second-order valence-electron chi connectivity index (χ2n) is 4.22. The lowest BCUT2D eigenvalue weighted by molar-refractivity contribution is 0.592. The highest BCUT2D eigenvalue weighted by Crippen LogP contribution is 2.33. The largest absolute Gasteiger partial charge is 0.399 e. The van der Waals surface area contributed by atoms with Crippen LogP contribution >= 0.6 is 27.3 Å². The Morgan fingerprint density at radius 3 is 2.40 bits per heavy atom. The number of hydrogen-bond donors (Lipinski definition) is 1. The number of hydrogen-bond acceptors (Lipinski definition) is 4. The van der Waals surface area contributed by atoms with Crippen LogP contribution in [0.2, 0.25) is 0 Å². The van der Waals surface area contributed by atoms with Crippen LogP contribution in [0, 0.1) is 0 Å². The molecule has 0 unspecified atom stereocenters. The van der Waals surface area contributed by atoms with E-state index in [-0.39, 0.29) is 0 Å². The summed E-state index contributed by atoms with van der Waals surface area (Å²) in [6.07, 6.45) is 0.729. The molecule has 1 heterocycles. The Hall–Kier alpha value is -1.05. The second kappa shape index (κ2) is 6.15. The normalized spacial score (nSPS) is 11.5. The maximum absolute atomic E-state index is 12.8. The average Bonchev–Trinajstić information content (AvgIpc) is 2.84. The summed E-state index contributed by atoms with van der Waals surface area (Å²) < 4.78 is 27.9. The molecule has 1 aromatic heterocycles. The van der Waals surface area contributed by atoms with Crippen LogP contribution < -0.4 is 10.0 Å². The van der Waals surface area contributed by atoms with Crippen molar-refractivity contribution in [2.24, 2.45) is 0 Å². The van der Waals surface area contributed by atoms with Crippen LogP contribution in [0.4, 0.5) is 11.4 Å². The van der Waals surface area contributed by atoms with Gasteiger partial charge >= 0.3 is 0 Å². The Bertz CT molecular complexity index is 681. The number of rotatable bonds is 5. The highest BCUT2D eigenvalue weighted by Gasteiger charge is 2.27. The molecule has 2 rings (SSSR count). The summed E-state index contributed by atoms with van der Waals surface area (Å²) in [6.45, 7) is 2.37. The molecule has 0 amide bonds. The summed E-state index contributed by atoms with van der Waals surface area (Å²) in [5.74, 6) is 0. The van der Waals surface area contributed by atoms with Crippen LogP contribution in [-0.4, -0.2) is 15.0 Å². The van der Waals surface area contributed by atoms with E-state index >= 15 is 0 Å². The molecule has 7 heteroatoms. The van der Waals surface area contributed by atoms with E-state index in [0.717, 1.165) is 6.42 Å². The van der Waals surface area contributed by atoms with Crippen molar-refractivity contribution in [2.75, 3.05) is 16.6 Å². The molecule has 0 saturated heterocycles. The topological polar surface area (TPSA) is 63.4 Å². The van der Waals surface area contributed by atoms with Crippen LogP contribution in [0.5, 0.6) is 0 Å². The molecule has 108 valence electrons. The van der Waals surface area contributed by atoms with Crippen LogP contribution in [0.1, 0.15) is 13.3 Å². The van der Waals surface area contributed by atoms with Gasteiger partial charge in [0.25, 0.3) is 10.0 Å². The van der Waals surface area contributed by atoms with E-state index in [9.17, 15) is 8.42 Å². The smallest absolute Gasteiger partial charge is 0.274 e. The van der Waals surface area contributed by atoms with Crippen LogP contribution in [-0.2, 0) is 10.0 Å². The van der Waals surface area contributed by atoms with Gasteiger partial charge < -0.3 is 5.73 Å². The van der Waals surface area contributed by atoms with Crippen LogP contribution in [0.3, 0.4) is 0 Å². The zero-order valence-electron chi connectivity index (χ0n) is 10.9. The number of nitrogens with zero attached hydrogens (tertiary/aromatic N) is 1.